The Labute approximate surface area is 99.6 Å². The molecule has 0 spiro atoms. The van der Waals surface area contributed by atoms with Crippen molar-refractivity contribution < 1.29 is 0 Å². The number of fused-ring (bicyclic) bond motifs is 3. The van der Waals surface area contributed by atoms with E-state index < -0.39 is 0 Å². The lowest BCUT2D eigenvalue weighted by atomic mass is 10.1. The Balaban J connectivity index is 1.89. The SMILES string of the molecule is C1=CC2CCC(C1)N2c1nccn2nccc12. The largest absolute Gasteiger partial charge is 0.345 e. The first-order valence-electron chi connectivity index (χ1n) is 6.17. The molecule has 2 aromatic rings. The van der Waals surface area contributed by atoms with Gasteiger partial charge in [0.05, 0.1) is 6.20 Å². The van der Waals surface area contributed by atoms with Gasteiger partial charge in [0.25, 0.3) is 0 Å². The zero-order valence-corrected chi connectivity index (χ0v) is 9.53. The highest BCUT2D eigenvalue weighted by molar-refractivity contribution is 5.70. The van der Waals surface area contributed by atoms with E-state index in [0.717, 1.165) is 17.8 Å². The summed E-state index contributed by atoms with van der Waals surface area (Å²) in [4.78, 5) is 7.04. The van der Waals surface area contributed by atoms with Crippen LogP contribution in [-0.4, -0.2) is 26.7 Å². The first kappa shape index (κ1) is 9.22. The lowest BCUT2D eigenvalue weighted by Crippen LogP contribution is -2.38. The molecule has 2 aliphatic rings. The predicted molar refractivity (Wildman–Crippen MR) is 66.0 cm³/mol. The Morgan fingerprint density at radius 1 is 1.24 bits per heavy atom. The highest BCUT2D eigenvalue weighted by Gasteiger charge is 2.35. The highest BCUT2D eigenvalue weighted by Crippen LogP contribution is 2.36. The van der Waals surface area contributed by atoms with Gasteiger partial charge in [-0.2, -0.15) is 5.10 Å². The number of aromatic nitrogens is 3. The maximum absolute atomic E-state index is 4.57. The molecule has 0 aliphatic carbocycles. The van der Waals surface area contributed by atoms with Crippen molar-refractivity contribution in [3.05, 3.63) is 36.8 Å². The second-order valence-corrected chi connectivity index (χ2v) is 4.78. The van der Waals surface area contributed by atoms with Crippen molar-refractivity contribution in [1.29, 1.82) is 0 Å². The number of nitrogens with zero attached hydrogens (tertiary/aromatic N) is 4. The standard InChI is InChI=1S/C13H14N4/c1-2-10-4-5-11(3-1)17(10)13-12-6-7-15-16(12)9-8-14-13/h1-2,6-11H,3-5H2. The van der Waals surface area contributed by atoms with E-state index in [0.29, 0.717) is 12.1 Å². The second-order valence-electron chi connectivity index (χ2n) is 4.78. The monoisotopic (exact) mass is 226 g/mol. The molecular formula is C13H14N4. The van der Waals surface area contributed by atoms with E-state index >= 15 is 0 Å². The maximum Gasteiger partial charge on any atom is 0.155 e. The molecule has 2 aliphatic heterocycles. The van der Waals surface area contributed by atoms with Crippen molar-refractivity contribution >= 4 is 11.3 Å². The fourth-order valence-electron chi connectivity index (χ4n) is 3.10. The summed E-state index contributed by atoms with van der Waals surface area (Å²) in [6.45, 7) is 0. The van der Waals surface area contributed by atoms with Gasteiger partial charge in [-0.3, -0.25) is 0 Å². The van der Waals surface area contributed by atoms with E-state index in [-0.39, 0.29) is 0 Å². The van der Waals surface area contributed by atoms with Crippen LogP contribution in [0.25, 0.3) is 5.52 Å². The van der Waals surface area contributed by atoms with Crippen LogP contribution in [0.3, 0.4) is 0 Å². The number of anilines is 1. The molecule has 1 fully saturated rings. The van der Waals surface area contributed by atoms with Crippen LogP contribution in [-0.2, 0) is 0 Å². The molecule has 0 radical (unpaired) electrons. The van der Waals surface area contributed by atoms with E-state index in [4.69, 9.17) is 0 Å². The van der Waals surface area contributed by atoms with Gasteiger partial charge in [-0.1, -0.05) is 12.2 Å². The van der Waals surface area contributed by atoms with Gasteiger partial charge in [0, 0.05) is 24.5 Å². The molecule has 4 nitrogen and oxygen atoms in total. The summed E-state index contributed by atoms with van der Waals surface area (Å²) in [6.07, 6.45) is 13.9. The van der Waals surface area contributed by atoms with Crippen molar-refractivity contribution in [3.63, 3.8) is 0 Å². The van der Waals surface area contributed by atoms with E-state index in [1.807, 2.05) is 29.2 Å². The third kappa shape index (κ3) is 1.24. The molecule has 2 atom stereocenters. The van der Waals surface area contributed by atoms with Crippen LogP contribution >= 0.6 is 0 Å². The minimum absolute atomic E-state index is 0.530. The van der Waals surface area contributed by atoms with Gasteiger partial charge in [0.2, 0.25) is 0 Å². The molecule has 4 heterocycles. The summed E-state index contributed by atoms with van der Waals surface area (Å²) in [5, 5.41) is 4.28. The second kappa shape index (κ2) is 3.32. The first-order valence-corrected chi connectivity index (χ1v) is 6.17. The van der Waals surface area contributed by atoms with Gasteiger partial charge in [-0.25, -0.2) is 9.50 Å². The van der Waals surface area contributed by atoms with Crippen molar-refractivity contribution in [2.45, 2.75) is 31.3 Å². The van der Waals surface area contributed by atoms with Crippen molar-refractivity contribution in [1.82, 2.24) is 14.6 Å². The summed E-state index contributed by atoms with van der Waals surface area (Å²) >= 11 is 0. The molecule has 0 saturated carbocycles. The van der Waals surface area contributed by atoms with Crippen LogP contribution in [0.15, 0.2) is 36.8 Å². The molecule has 86 valence electrons. The Morgan fingerprint density at radius 3 is 3.18 bits per heavy atom. The molecule has 4 heteroatoms. The molecule has 2 unspecified atom stereocenters. The van der Waals surface area contributed by atoms with Gasteiger partial charge in [-0.15, -0.1) is 0 Å². The lowest BCUT2D eigenvalue weighted by molar-refractivity contribution is 0.641. The fraction of sp³-hybridized carbons (Fsp3) is 0.385. The Bertz CT molecular complexity index is 586. The van der Waals surface area contributed by atoms with Gasteiger partial charge in [-0.05, 0) is 25.3 Å². The van der Waals surface area contributed by atoms with Gasteiger partial charge in [0.1, 0.15) is 5.52 Å². The maximum atomic E-state index is 4.57. The summed E-state index contributed by atoms with van der Waals surface area (Å²) in [7, 11) is 0. The topological polar surface area (TPSA) is 33.4 Å². The average Bonchev–Trinajstić information content (AvgIpc) is 2.92. The van der Waals surface area contributed by atoms with Crippen LogP contribution in [0, 0.1) is 0 Å². The molecule has 0 N–H and O–H groups in total. The summed E-state index contributed by atoms with van der Waals surface area (Å²) < 4.78 is 1.90. The fourth-order valence-corrected chi connectivity index (χ4v) is 3.10. The summed E-state index contributed by atoms with van der Waals surface area (Å²) in [5.41, 5.74) is 1.11. The lowest BCUT2D eigenvalue weighted by Gasteiger charge is -2.32. The number of hydrogen-bond donors (Lipinski definition) is 0. The molecule has 2 aromatic heterocycles. The molecule has 17 heavy (non-hydrogen) atoms. The third-order valence-corrected chi connectivity index (χ3v) is 3.86. The highest BCUT2D eigenvalue weighted by atomic mass is 15.3. The van der Waals surface area contributed by atoms with Gasteiger partial charge < -0.3 is 4.90 Å². The van der Waals surface area contributed by atoms with Crippen LogP contribution in [0.2, 0.25) is 0 Å². The summed E-state index contributed by atoms with van der Waals surface area (Å²) in [5.74, 6) is 1.09. The average molecular weight is 226 g/mol. The zero-order chi connectivity index (χ0) is 11.2. The molecule has 2 bridgehead atoms. The Morgan fingerprint density at radius 2 is 2.24 bits per heavy atom. The predicted octanol–water partition coefficient (Wildman–Crippen LogP) is 2.03. The van der Waals surface area contributed by atoms with E-state index in [1.54, 1.807) is 0 Å². The van der Waals surface area contributed by atoms with Crippen LogP contribution in [0.5, 0.6) is 0 Å². The van der Waals surface area contributed by atoms with E-state index in [9.17, 15) is 0 Å². The molecule has 0 amide bonds. The number of rotatable bonds is 1. The minimum atomic E-state index is 0.530. The molecule has 1 saturated heterocycles. The molecular weight excluding hydrogens is 212 g/mol. The van der Waals surface area contributed by atoms with Crippen LogP contribution in [0.1, 0.15) is 19.3 Å². The number of hydrogen-bond acceptors (Lipinski definition) is 3. The molecule has 4 rings (SSSR count). The quantitative estimate of drug-likeness (QED) is 0.698. The molecule has 0 aromatic carbocycles. The van der Waals surface area contributed by atoms with Crippen LogP contribution < -0.4 is 4.90 Å². The van der Waals surface area contributed by atoms with Gasteiger partial charge in [0.15, 0.2) is 5.82 Å². The van der Waals surface area contributed by atoms with Crippen molar-refractivity contribution in [2.24, 2.45) is 0 Å². The first-order chi connectivity index (χ1) is 8.43. The smallest absolute Gasteiger partial charge is 0.155 e. The Hall–Kier alpha value is -1.84. The van der Waals surface area contributed by atoms with Crippen molar-refractivity contribution in [3.8, 4) is 0 Å². The van der Waals surface area contributed by atoms with E-state index in [2.05, 4.69) is 27.1 Å². The van der Waals surface area contributed by atoms with Gasteiger partial charge >= 0.3 is 0 Å². The summed E-state index contributed by atoms with van der Waals surface area (Å²) in [6, 6.07) is 3.20. The normalized spacial score (nSPS) is 26.9. The van der Waals surface area contributed by atoms with Crippen molar-refractivity contribution in [2.75, 3.05) is 4.90 Å². The Kier molecular flexibility index (Phi) is 1.80. The van der Waals surface area contributed by atoms with Crippen LogP contribution in [0.4, 0.5) is 5.82 Å². The zero-order valence-electron chi connectivity index (χ0n) is 9.53. The van der Waals surface area contributed by atoms with E-state index in [1.165, 1.54) is 12.8 Å². The third-order valence-electron chi connectivity index (χ3n) is 3.86. The minimum Gasteiger partial charge on any atom is -0.345 e.